The summed E-state index contributed by atoms with van der Waals surface area (Å²) < 4.78 is 5.28. The zero-order valence-electron chi connectivity index (χ0n) is 14.8. The van der Waals surface area contributed by atoms with E-state index in [9.17, 15) is 9.59 Å². The maximum absolute atomic E-state index is 12.6. The van der Waals surface area contributed by atoms with Crippen molar-refractivity contribution in [3.8, 4) is 11.3 Å². The molecule has 0 aliphatic heterocycles. The summed E-state index contributed by atoms with van der Waals surface area (Å²) in [6, 6.07) is 14.3. The molecule has 0 saturated heterocycles. The highest BCUT2D eigenvalue weighted by Gasteiger charge is 2.39. The van der Waals surface area contributed by atoms with E-state index < -0.39 is 0 Å². The number of rotatable bonds is 5. The standard InChI is InChI=1S/C21H19N3O3/c1-13-8-18(13)21(26)24-17-7-3-5-15(10-17)20(25)23-16-6-2-4-14(9-16)19-11-22-12-27-19/h2-7,9-13,18H,8H2,1H3,(H,23,25)(H,24,26)/t13-,18-/m0/s1. The Kier molecular flexibility index (Phi) is 4.46. The van der Waals surface area contributed by atoms with E-state index in [4.69, 9.17) is 4.42 Å². The minimum absolute atomic E-state index is 0.0137. The topological polar surface area (TPSA) is 84.2 Å². The van der Waals surface area contributed by atoms with Gasteiger partial charge in [-0.1, -0.05) is 25.1 Å². The van der Waals surface area contributed by atoms with Crippen molar-refractivity contribution in [2.45, 2.75) is 13.3 Å². The molecule has 3 aromatic rings. The summed E-state index contributed by atoms with van der Waals surface area (Å²) in [6.45, 7) is 2.06. The number of aromatic nitrogens is 1. The SMILES string of the molecule is C[C@H]1C[C@@H]1C(=O)Nc1cccc(C(=O)Nc2cccc(-c3cnco3)c2)c1. The third-order valence-electron chi connectivity index (χ3n) is 4.68. The lowest BCUT2D eigenvalue weighted by Gasteiger charge is -2.09. The molecule has 1 aromatic heterocycles. The van der Waals surface area contributed by atoms with Gasteiger partial charge in [0.1, 0.15) is 0 Å². The van der Waals surface area contributed by atoms with Gasteiger partial charge in [0, 0.05) is 28.4 Å². The molecular weight excluding hydrogens is 342 g/mol. The molecule has 0 radical (unpaired) electrons. The summed E-state index contributed by atoms with van der Waals surface area (Å²) in [5.41, 5.74) is 2.57. The van der Waals surface area contributed by atoms with Crippen molar-refractivity contribution >= 4 is 23.2 Å². The molecule has 0 spiro atoms. The number of hydrogen-bond donors (Lipinski definition) is 2. The molecule has 27 heavy (non-hydrogen) atoms. The molecule has 0 bridgehead atoms. The number of benzene rings is 2. The number of amides is 2. The van der Waals surface area contributed by atoms with Gasteiger partial charge < -0.3 is 15.1 Å². The Balaban J connectivity index is 1.46. The molecule has 1 aliphatic carbocycles. The van der Waals surface area contributed by atoms with E-state index in [0.717, 1.165) is 12.0 Å². The molecule has 0 unspecified atom stereocenters. The predicted molar refractivity (Wildman–Crippen MR) is 102 cm³/mol. The summed E-state index contributed by atoms with van der Waals surface area (Å²) >= 11 is 0. The normalized spacial score (nSPS) is 18.0. The van der Waals surface area contributed by atoms with Crippen LogP contribution in [0.1, 0.15) is 23.7 Å². The molecule has 4 rings (SSSR count). The Morgan fingerprint density at radius 1 is 1.07 bits per heavy atom. The molecule has 6 nitrogen and oxygen atoms in total. The Labute approximate surface area is 156 Å². The highest BCUT2D eigenvalue weighted by molar-refractivity contribution is 6.05. The molecule has 1 fully saturated rings. The van der Waals surface area contributed by atoms with Crippen LogP contribution in [0.4, 0.5) is 11.4 Å². The zero-order chi connectivity index (χ0) is 18.8. The van der Waals surface area contributed by atoms with Gasteiger partial charge in [-0.15, -0.1) is 0 Å². The van der Waals surface area contributed by atoms with Crippen molar-refractivity contribution in [2.24, 2.45) is 11.8 Å². The third kappa shape index (κ3) is 3.89. The quantitative estimate of drug-likeness (QED) is 0.714. The van der Waals surface area contributed by atoms with Gasteiger partial charge >= 0.3 is 0 Å². The Hall–Kier alpha value is -3.41. The van der Waals surface area contributed by atoms with E-state index in [-0.39, 0.29) is 17.7 Å². The number of oxazole rings is 1. The van der Waals surface area contributed by atoms with Crippen molar-refractivity contribution in [2.75, 3.05) is 10.6 Å². The van der Waals surface area contributed by atoms with Crippen molar-refractivity contribution in [1.82, 2.24) is 4.98 Å². The fourth-order valence-corrected chi connectivity index (χ4v) is 2.97. The van der Waals surface area contributed by atoms with Crippen LogP contribution in [0.3, 0.4) is 0 Å². The lowest BCUT2D eigenvalue weighted by atomic mass is 10.1. The van der Waals surface area contributed by atoms with Crippen LogP contribution in [-0.2, 0) is 4.79 Å². The first-order valence-corrected chi connectivity index (χ1v) is 8.81. The lowest BCUT2D eigenvalue weighted by Crippen LogP contribution is -2.16. The number of carbonyl (C=O) groups is 2. The van der Waals surface area contributed by atoms with E-state index in [0.29, 0.717) is 28.6 Å². The fourth-order valence-electron chi connectivity index (χ4n) is 2.97. The van der Waals surface area contributed by atoms with Gasteiger partial charge in [-0.25, -0.2) is 4.98 Å². The van der Waals surface area contributed by atoms with Crippen molar-refractivity contribution in [3.63, 3.8) is 0 Å². The molecule has 1 aliphatic rings. The summed E-state index contributed by atoms with van der Waals surface area (Å²) in [6.07, 6.45) is 3.91. The number of nitrogens with zero attached hydrogens (tertiary/aromatic N) is 1. The summed E-state index contributed by atoms with van der Waals surface area (Å²) in [7, 11) is 0. The van der Waals surface area contributed by atoms with Gasteiger partial charge in [0.25, 0.3) is 5.91 Å². The fraction of sp³-hybridized carbons (Fsp3) is 0.190. The van der Waals surface area contributed by atoms with Crippen LogP contribution < -0.4 is 10.6 Å². The smallest absolute Gasteiger partial charge is 0.255 e. The van der Waals surface area contributed by atoms with E-state index in [1.165, 1.54) is 6.39 Å². The van der Waals surface area contributed by atoms with Crippen LogP contribution in [0.2, 0.25) is 0 Å². The van der Waals surface area contributed by atoms with E-state index in [2.05, 4.69) is 22.5 Å². The summed E-state index contributed by atoms with van der Waals surface area (Å²) in [5, 5.41) is 5.75. The van der Waals surface area contributed by atoms with E-state index >= 15 is 0 Å². The summed E-state index contributed by atoms with van der Waals surface area (Å²) in [5.74, 6) is 0.917. The monoisotopic (exact) mass is 361 g/mol. The van der Waals surface area contributed by atoms with Gasteiger partial charge in [0.15, 0.2) is 12.2 Å². The Bertz CT molecular complexity index is 982. The number of nitrogens with one attached hydrogen (secondary N) is 2. The minimum atomic E-state index is -0.249. The molecular formula is C21H19N3O3. The average Bonchev–Trinajstić information content (AvgIpc) is 3.17. The van der Waals surface area contributed by atoms with Crippen LogP contribution in [-0.4, -0.2) is 16.8 Å². The van der Waals surface area contributed by atoms with Crippen molar-refractivity contribution in [1.29, 1.82) is 0 Å². The molecule has 2 amide bonds. The minimum Gasteiger partial charge on any atom is -0.444 e. The van der Waals surface area contributed by atoms with Crippen LogP contribution in [0.5, 0.6) is 0 Å². The van der Waals surface area contributed by atoms with Gasteiger partial charge in [-0.05, 0) is 42.7 Å². The van der Waals surface area contributed by atoms with E-state index in [1.807, 2.05) is 18.2 Å². The van der Waals surface area contributed by atoms with Crippen molar-refractivity contribution < 1.29 is 14.0 Å². The first-order valence-electron chi connectivity index (χ1n) is 8.81. The second kappa shape index (κ2) is 7.07. The molecule has 1 saturated carbocycles. The van der Waals surface area contributed by atoms with Gasteiger partial charge in [-0.3, -0.25) is 9.59 Å². The Morgan fingerprint density at radius 3 is 2.52 bits per heavy atom. The average molecular weight is 361 g/mol. The predicted octanol–water partition coefficient (Wildman–Crippen LogP) is 4.19. The maximum Gasteiger partial charge on any atom is 0.255 e. The highest BCUT2D eigenvalue weighted by atomic mass is 16.3. The largest absolute Gasteiger partial charge is 0.444 e. The summed E-state index contributed by atoms with van der Waals surface area (Å²) in [4.78, 5) is 28.6. The second-order valence-electron chi connectivity index (χ2n) is 6.79. The molecule has 2 atom stereocenters. The van der Waals surface area contributed by atoms with Crippen LogP contribution in [0, 0.1) is 11.8 Å². The zero-order valence-corrected chi connectivity index (χ0v) is 14.8. The number of carbonyl (C=O) groups excluding carboxylic acids is 2. The highest BCUT2D eigenvalue weighted by Crippen LogP contribution is 2.38. The van der Waals surface area contributed by atoms with E-state index in [1.54, 1.807) is 36.5 Å². The number of hydrogen-bond acceptors (Lipinski definition) is 4. The van der Waals surface area contributed by atoms with Crippen LogP contribution in [0.25, 0.3) is 11.3 Å². The molecule has 1 heterocycles. The maximum atomic E-state index is 12.6. The number of anilines is 2. The molecule has 2 aromatic carbocycles. The van der Waals surface area contributed by atoms with Gasteiger partial charge in [0.05, 0.1) is 6.20 Å². The van der Waals surface area contributed by atoms with Crippen molar-refractivity contribution in [3.05, 3.63) is 66.7 Å². The van der Waals surface area contributed by atoms with Gasteiger partial charge in [0.2, 0.25) is 5.91 Å². The molecule has 6 heteroatoms. The third-order valence-corrected chi connectivity index (χ3v) is 4.68. The second-order valence-corrected chi connectivity index (χ2v) is 6.79. The van der Waals surface area contributed by atoms with Crippen LogP contribution in [0.15, 0.2) is 65.5 Å². The first kappa shape index (κ1) is 17.0. The molecule has 136 valence electrons. The van der Waals surface area contributed by atoms with Gasteiger partial charge in [-0.2, -0.15) is 0 Å². The Morgan fingerprint density at radius 2 is 1.81 bits per heavy atom. The lowest BCUT2D eigenvalue weighted by molar-refractivity contribution is -0.117. The van der Waals surface area contributed by atoms with Crippen LogP contribution >= 0.6 is 0 Å². The first-order chi connectivity index (χ1) is 13.1. The molecule has 2 N–H and O–H groups in total.